The van der Waals surface area contributed by atoms with Gasteiger partial charge < -0.3 is 9.64 Å². The Hall–Kier alpha value is -1.98. The number of halogens is 3. The van der Waals surface area contributed by atoms with Gasteiger partial charge in [-0.25, -0.2) is 0 Å². The highest BCUT2D eigenvalue weighted by Gasteiger charge is 2.46. The molecule has 0 N–H and O–H groups in total. The van der Waals surface area contributed by atoms with Gasteiger partial charge in [0.1, 0.15) is 11.8 Å². The molecule has 0 saturated carbocycles. The predicted octanol–water partition coefficient (Wildman–Crippen LogP) is 3.82. The lowest BCUT2D eigenvalue weighted by atomic mass is 9.99. The number of hydrogen-bond acceptors (Lipinski definition) is 2. The molecule has 0 radical (unpaired) electrons. The molecule has 6 heteroatoms. The van der Waals surface area contributed by atoms with Crippen LogP contribution in [0.1, 0.15) is 30.4 Å². The van der Waals surface area contributed by atoms with Crippen molar-refractivity contribution in [3.63, 3.8) is 0 Å². The standard InChI is InChI=1S/C17H20F3NO2/c1-3-13-10-12(7-8-14(13)23-2)11-16(22)21-9-5-4-6-15(21)17(18,19)20/h3,7-8,10,15H,1,4-6,9,11H2,2H3. The van der Waals surface area contributed by atoms with Crippen LogP contribution >= 0.6 is 0 Å². The van der Waals surface area contributed by atoms with Crippen LogP contribution in [0.15, 0.2) is 24.8 Å². The summed E-state index contributed by atoms with van der Waals surface area (Å²) in [7, 11) is 1.52. The first-order chi connectivity index (χ1) is 10.9. The Labute approximate surface area is 133 Å². The summed E-state index contributed by atoms with van der Waals surface area (Å²) in [4.78, 5) is 13.3. The van der Waals surface area contributed by atoms with Crippen molar-refractivity contribution in [1.29, 1.82) is 0 Å². The van der Waals surface area contributed by atoms with Crippen LogP contribution < -0.4 is 4.74 Å². The second-order valence-electron chi connectivity index (χ2n) is 5.60. The van der Waals surface area contributed by atoms with Crippen LogP contribution in [-0.2, 0) is 11.2 Å². The third kappa shape index (κ3) is 4.06. The Bertz CT molecular complexity index is 584. The van der Waals surface area contributed by atoms with E-state index in [2.05, 4.69) is 6.58 Å². The fraction of sp³-hybridized carbons (Fsp3) is 0.471. The molecule has 1 heterocycles. The minimum Gasteiger partial charge on any atom is -0.496 e. The van der Waals surface area contributed by atoms with Crippen molar-refractivity contribution in [3.8, 4) is 5.75 Å². The molecule has 23 heavy (non-hydrogen) atoms. The maximum atomic E-state index is 13.1. The van der Waals surface area contributed by atoms with Gasteiger partial charge in [0.05, 0.1) is 13.5 Å². The lowest BCUT2D eigenvalue weighted by molar-refractivity contribution is -0.195. The van der Waals surface area contributed by atoms with E-state index >= 15 is 0 Å². The molecule has 1 unspecified atom stereocenters. The number of likely N-dealkylation sites (tertiary alicyclic amines) is 1. The lowest BCUT2D eigenvalue weighted by Gasteiger charge is -2.36. The Kier molecular flexibility index (Phi) is 5.34. The summed E-state index contributed by atoms with van der Waals surface area (Å²) in [6.45, 7) is 3.83. The Balaban J connectivity index is 2.15. The number of nitrogens with zero attached hydrogens (tertiary/aromatic N) is 1. The van der Waals surface area contributed by atoms with E-state index in [-0.39, 0.29) is 19.4 Å². The topological polar surface area (TPSA) is 29.5 Å². The van der Waals surface area contributed by atoms with Gasteiger partial charge in [-0.3, -0.25) is 4.79 Å². The third-order valence-corrected chi connectivity index (χ3v) is 4.07. The molecule has 1 atom stereocenters. The molecule has 0 bridgehead atoms. The number of ether oxygens (including phenoxy) is 1. The Morgan fingerprint density at radius 3 is 2.78 bits per heavy atom. The summed E-state index contributed by atoms with van der Waals surface area (Å²) in [5, 5.41) is 0. The molecule has 1 fully saturated rings. The normalized spacial score (nSPS) is 18.6. The maximum Gasteiger partial charge on any atom is 0.408 e. The molecule has 1 aliphatic heterocycles. The summed E-state index contributed by atoms with van der Waals surface area (Å²) < 4.78 is 44.4. The minimum atomic E-state index is -4.37. The van der Waals surface area contributed by atoms with Crippen LogP contribution in [0.3, 0.4) is 0 Å². The maximum absolute atomic E-state index is 13.1. The molecular formula is C17H20F3NO2. The number of alkyl halides is 3. The van der Waals surface area contributed by atoms with Crippen LogP contribution in [0.4, 0.5) is 13.2 Å². The number of rotatable bonds is 4. The quantitative estimate of drug-likeness (QED) is 0.841. The van der Waals surface area contributed by atoms with E-state index in [1.54, 1.807) is 24.3 Å². The highest BCUT2D eigenvalue weighted by atomic mass is 19.4. The summed E-state index contributed by atoms with van der Waals surface area (Å²) in [5.74, 6) is 0.120. The van der Waals surface area contributed by atoms with Gasteiger partial charge in [0.25, 0.3) is 0 Å². The molecule has 1 amide bonds. The fourth-order valence-electron chi connectivity index (χ4n) is 2.90. The first-order valence-electron chi connectivity index (χ1n) is 7.52. The van der Waals surface area contributed by atoms with Gasteiger partial charge in [-0.15, -0.1) is 0 Å². The van der Waals surface area contributed by atoms with Gasteiger partial charge in [-0.05, 0) is 37.0 Å². The molecule has 1 saturated heterocycles. The number of carbonyl (C=O) groups is 1. The summed E-state index contributed by atoms with van der Waals surface area (Å²) in [5.41, 5.74) is 1.36. The van der Waals surface area contributed by atoms with Crippen molar-refractivity contribution in [1.82, 2.24) is 4.90 Å². The van der Waals surface area contributed by atoms with Crippen molar-refractivity contribution in [3.05, 3.63) is 35.9 Å². The number of hydrogen-bond donors (Lipinski definition) is 0. The number of methoxy groups -OCH3 is 1. The fourth-order valence-corrected chi connectivity index (χ4v) is 2.90. The average Bonchev–Trinajstić information content (AvgIpc) is 2.53. The van der Waals surface area contributed by atoms with Crippen LogP contribution in [0.2, 0.25) is 0 Å². The second kappa shape index (κ2) is 7.06. The van der Waals surface area contributed by atoms with Gasteiger partial charge >= 0.3 is 6.18 Å². The van der Waals surface area contributed by atoms with E-state index in [4.69, 9.17) is 4.74 Å². The first kappa shape index (κ1) is 17.4. The highest BCUT2D eigenvalue weighted by molar-refractivity contribution is 5.79. The van der Waals surface area contributed by atoms with Gasteiger partial charge in [0.2, 0.25) is 5.91 Å². The number of carbonyl (C=O) groups excluding carboxylic acids is 1. The second-order valence-corrected chi connectivity index (χ2v) is 5.60. The molecule has 1 aliphatic rings. The third-order valence-electron chi connectivity index (χ3n) is 4.07. The van der Waals surface area contributed by atoms with E-state index in [9.17, 15) is 18.0 Å². The molecule has 0 aliphatic carbocycles. The minimum absolute atomic E-state index is 0.0181. The van der Waals surface area contributed by atoms with Crippen molar-refractivity contribution in [2.24, 2.45) is 0 Å². The highest BCUT2D eigenvalue weighted by Crippen LogP contribution is 2.32. The van der Waals surface area contributed by atoms with Gasteiger partial charge in [0.15, 0.2) is 0 Å². The van der Waals surface area contributed by atoms with Crippen molar-refractivity contribution in [2.45, 2.75) is 37.9 Å². The first-order valence-corrected chi connectivity index (χ1v) is 7.52. The van der Waals surface area contributed by atoms with Gasteiger partial charge in [-0.1, -0.05) is 18.7 Å². The molecule has 126 valence electrons. The monoisotopic (exact) mass is 327 g/mol. The Morgan fingerprint density at radius 1 is 1.43 bits per heavy atom. The SMILES string of the molecule is C=Cc1cc(CC(=O)N2CCCCC2C(F)(F)F)ccc1OC. The molecule has 3 nitrogen and oxygen atoms in total. The molecule has 0 spiro atoms. The summed E-state index contributed by atoms with van der Waals surface area (Å²) >= 11 is 0. The van der Waals surface area contributed by atoms with E-state index in [0.29, 0.717) is 29.7 Å². The number of amides is 1. The van der Waals surface area contributed by atoms with Crippen LogP contribution in [-0.4, -0.2) is 36.7 Å². The average molecular weight is 327 g/mol. The largest absolute Gasteiger partial charge is 0.496 e. The number of piperidine rings is 1. The van der Waals surface area contributed by atoms with Crippen molar-refractivity contribution >= 4 is 12.0 Å². The Morgan fingerprint density at radius 2 is 2.17 bits per heavy atom. The van der Waals surface area contributed by atoms with Crippen molar-refractivity contribution < 1.29 is 22.7 Å². The van der Waals surface area contributed by atoms with Crippen LogP contribution in [0.25, 0.3) is 6.08 Å². The van der Waals surface area contributed by atoms with Gasteiger partial charge in [-0.2, -0.15) is 13.2 Å². The van der Waals surface area contributed by atoms with Gasteiger partial charge in [0, 0.05) is 12.1 Å². The zero-order valence-electron chi connectivity index (χ0n) is 13.0. The van der Waals surface area contributed by atoms with E-state index in [1.807, 2.05) is 0 Å². The van der Waals surface area contributed by atoms with Crippen molar-refractivity contribution in [2.75, 3.05) is 13.7 Å². The molecule has 2 rings (SSSR count). The zero-order chi connectivity index (χ0) is 17.0. The zero-order valence-corrected chi connectivity index (χ0v) is 13.0. The van der Waals surface area contributed by atoms with E-state index < -0.39 is 18.1 Å². The number of benzene rings is 1. The lowest BCUT2D eigenvalue weighted by Crippen LogP contribution is -2.51. The summed E-state index contributed by atoms with van der Waals surface area (Å²) in [6.07, 6.45) is -1.75. The molecule has 1 aromatic carbocycles. The summed E-state index contributed by atoms with van der Waals surface area (Å²) in [6, 6.07) is 3.43. The van der Waals surface area contributed by atoms with Crippen LogP contribution in [0.5, 0.6) is 5.75 Å². The molecule has 0 aromatic heterocycles. The molecular weight excluding hydrogens is 307 g/mol. The smallest absolute Gasteiger partial charge is 0.408 e. The molecule has 1 aromatic rings. The van der Waals surface area contributed by atoms with E-state index in [0.717, 1.165) is 4.90 Å². The van der Waals surface area contributed by atoms with Crippen LogP contribution in [0, 0.1) is 0 Å². The predicted molar refractivity (Wildman–Crippen MR) is 82.2 cm³/mol. The van der Waals surface area contributed by atoms with E-state index in [1.165, 1.54) is 7.11 Å².